The van der Waals surface area contributed by atoms with Crippen molar-refractivity contribution in [3.8, 4) is 0 Å². The fourth-order valence-electron chi connectivity index (χ4n) is 3.64. The molecule has 9 heteroatoms. The zero-order valence-electron chi connectivity index (χ0n) is 14.2. The van der Waals surface area contributed by atoms with Crippen LogP contribution in [0.15, 0.2) is 18.2 Å². The molecule has 26 heavy (non-hydrogen) atoms. The molecule has 1 aromatic rings. The Morgan fingerprint density at radius 3 is 2.46 bits per heavy atom. The van der Waals surface area contributed by atoms with Gasteiger partial charge in [0, 0.05) is 37.8 Å². The number of amides is 1. The van der Waals surface area contributed by atoms with Crippen LogP contribution in [0.4, 0.5) is 24.5 Å². The van der Waals surface area contributed by atoms with Crippen molar-refractivity contribution < 1.29 is 22.9 Å². The van der Waals surface area contributed by atoms with Crippen LogP contribution >= 0.6 is 0 Å². The largest absolute Gasteiger partial charge is 0.393 e. The number of hydrogen-bond donors (Lipinski definition) is 0. The number of alkyl halides is 3. The summed E-state index contributed by atoms with van der Waals surface area (Å²) in [4.78, 5) is 26.5. The number of rotatable bonds is 3. The van der Waals surface area contributed by atoms with E-state index in [9.17, 15) is 28.1 Å². The van der Waals surface area contributed by atoms with Crippen molar-refractivity contribution >= 4 is 17.3 Å². The third kappa shape index (κ3) is 3.76. The summed E-state index contributed by atoms with van der Waals surface area (Å²) in [5, 5.41) is 11.4. The zero-order chi connectivity index (χ0) is 18.9. The van der Waals surface area contributed by atoms with Gasteiger partial charge in [-0.15, -0.1) is 0 Å². The number of piperidine rings is 1. The first-order valence-corrected chi connectivity index (χ1v) is 8.67. The van der Waals surface area contributed by atoms with Crippen LogP contribution in [0.3, 0.4) is 0 Å². The summed E-state index contributed by atoms with van der Waals surface area (Å²) in [6.07, 6.45) is -2.18. The third-order valence-corrected chi connectivity index (χ3v) is 5.04. The maximum atomic E-state index is 12.9. The Balaban J connectivity index is 1.83. The van der Waals surface area contributed by atoms with Crippen molar-refractivity contribution in [2.24, 2.45) is 5.92 Å². The van der Waals surface area contributed by atoms with Gasteiger partial charge in [-0.05, 0) is 37.8 Å². The van der Waals surface area contributed by atoms with E-state index in [-0.39, 0.29) is 30.6 Å². The van der Waals surface area contributed by atoms with Gasteiger partial charge in [0.1, 0.15) is 5.69 Å². The molecule has 142 valence electrons. The predicted molar refractivity (Wildman–Crippen MR) is 89.2 cm³/mol. The normalized spacial score (nSPS) is 21.1. The maximum absolute atomic E-state index is 12.9. The Hall–Kier alpha value is -2.32. The number of anilines is 1. The minimum Gasteiger partial charge on any atom is -0.366 e. The van der Waals surface area contributed by atoms with Crippen LogP contribution < -0.4 is 4.90 Å². The Morgan fingerprint density at radius 2 is 1.85 bits per heavy atom. The zero-order valence-corrected chi connectivity index (χ0v) is 14.2. The number of benzene rings is 1. The van der Waals surface area contributed by atoms with E-state index in [1.54, 1.807) is 0 Å². The molecule has 3 rings (SSSR count). The average molecular weight is 371 g/mol. The Kier molecular flexibility index (Phi) is 5.06. The highest BCUT2D eigenvalue weighted by molar-refractivity contribution is 5.96. The molecule has 0 aliphatic carbocycles. The molecule has 0 radical (unpaired) electrons. The first-order valence-electron chi connectivity index (χ1n) is 8.67. The number of hydrogen-bond acceptors (Lipinski definition) is 4. The molecular weight excluding hydrogens is 351 g/mol. The Morgan fingerprint density at radius 1 is 1.15 bits per heavy atom. The van der Waals surface area contributed by atoms with Gasteiger partial charge >= 0.3 is 6.18 Å². The summed E-state index contributed by atoms with van der Waals surface area (Å²) < 4.78 is 38.8. The smallest absolute Gasteiger partial charge is 0.366 e. The van der Waals surface area contributed by atoms with Crippen LogP contribution in [0.1, 0.15) is 36.0 Å². The standard InChI is InChI=1S/C17H20F3N3O3/c18-17(19,20)13-4-3-9-22(11-13)16(24)12-5-6-14(15(10-12)23(25)26)21-7-1-2-8-21/h5-6,10,13H,1-4,7-9,11H2. The molecule has 0 N–H and O–H groups in total. The molecule has 2 saturated heterocycles. The minimum absolute atomic E-state index is 0.00132. The van der Waals surface area contributed by atoms with Crippen molar-refractivity contribution in [2.75, 3.05) is 31.1 Å². The predicted octanol–water partition coefficient (Wildman–Crippen LogP) is 3.61. The molecule has 2 aliphatic rings. The highest BCUT2D eigenvalue weighted by Crippen LogP contribution is 2.35. The van der Waals surface area contributed by atoms with Crippen LogP contribution in [0.5, 0.6) is 0 Å². The number of likely N-dealkylation sites (tertiary alicyclic amines) is 1. The topological polar surface area (TPSA) is 66.7 Å². The van der Waals surface area contributed by atoms with Gasteiger partial charge in [0.05, 0.1) is 10.8 Å². The number of nitrogens with zero attached hydrogens (tertiary/aromatic N) is 3. The van der Waals surface area contributed by atoms with Gasteiger partial charge in [0.15, 0.2) is 0 Å². The molecule has 2 aliphatic heterocycles. The van der Waals surface area contributed by atoms with E-state index in [0.29, 0.717) is 18.8 Å². The summed E-state index contributed by atoms with van der Waals surface area (Å²) >= 11 is 0. The van der Waals surface area contributed by atoms with E-state index in [2.05, 4.69) is 0 Å². The molecule has 1 atom stereocenters. The summed E-state index contributed by atoms with van der Waals surface area (Å²) in [6.45, 7) is 1.26. The van der Waals surface area contributed by atoms with Gasteiger partial charge in [-0.2, -0.15) is 13.2 Å². The lowest BCUT2D eigenvalue weighted by atomic mass is 9.97. The van der Waals surface area contributed by atoms with Crippen molar-refractivity contribution in [3.63, 3.8) is 0 Å². The van der Waals surface area contributed by atoms with E-state index in [0.717, 1.165) is 17.7 Å². The van der Waals surface area contributed by atoms with E-state index < -0.39 is 29.5 Å². The second-order valence-corrected chi connectivity index (χ2v) is 6.79. The molecule has 0 saturated carbocycles. The van der Waals surface area contributed by atoms with Crippen LogP contribution in [-0.2, 0) is 0 Å². The number of nitro groups is 1. The third-order valence-electron chi connectivity index (χ3n) is 5.04. The van der Waals surface area contributed by atoms with Crippen LogP contribution in [0, 0.1) is 16.0 Å². The molecule has 0 spiro atoms. The van der Waals surface area contributed by atoms with Crippen molar-refractivity contribution in [2.45, 2.75) is 31.9 Å². The monoisotopic (exact) mass is 371 g/mol. The molecule has 2 fully saturated rings. The number of halogens is 3. The molecule has 2 heterocycles. The molecular formula is C17H20F3N3O3. The van der Waals surface area contributed by atoms with Crippen molar-refractivity contribution in [3.05, 3.63) is 33.9 Å². The molecule has 1 unspecified atom stereocenters. The van der Waals surface area contributed by atoms with Crippen LogP contribution in [0.25, 0.3) is 0 Å². The highest BCUT2D eigenvalue weighted by atomic mass is 19.4. The molecule has 6 nitrogen and oxygen atoms in total. The summed E-state index contributed by atoms with van der Waals surface area (Å²) in [7, 11) is 0. The first-order chi connectivity index (χ1) is 12.3. The highest BCUT2D eigenvalue weighted by Gasteiger charge is 2.43. The first kappa shape index (κ1) is 18.5. The van der Waals surface area contributed by atoms with E-state index in [1.807, 2.05) is 4.90 Å². The summed E-state index contributed by atoms with van der Waals surface area (Å²) in [5.41, 5.74) is 0.334. The van der Waals surface area contributed by atoms with Crippen molar-refractivity contribution in [1.29, 1.82) is 0 Å². The second kappa shape index (κ2) is 7.13. The van der Waals surface area contributed by atoms with Crippen LogP contribution in [-0.4, -0.2) is 48.1 Å². The fourth-order valence-corrected chi connectivity index (χ4v) is 3.64. The SMILES string of the molecule is O=C(c1ccc(N2CCCC2)c([N+](=O)[O-])c1)N1CCCC(C(F)(F)F)C1. The van der Waals surface area contributed by atoms with Gasteiger partial charge in [-0.1, -0.05) is 0 Å². The van der Waals surface area contributed by atoms with Gasteiger partial charge < -0.3 is 9.80 Å². The van der Waals surface area contributed by atoms with Crippen molar-refractivity contribution in [1.82, 2.24) is 4.90 Å². The maximum Gasteiger partial charge on any atom is 0.393 e. The van der Waals surface area contributed by atoms with Crippen LogP contribution in [0.2, 0.25) is 0 Å². The molecule has 1 amide bonds. The molecule has 0 bridgehead atoms. The van der Waals surface area contributed by atoms with Gasteiger partial charge in [0.25, 0.3) is 11.6 Å². The van der Waals surface area contributed by atoms with E-state index >= 15 is 0 Å². The lowest BCUT2D eigenvalue weighted by Crippen LogP contribution is -2.44. The lowest BCUT2D eigenvalue weighted by Gasteiger charge is -2.33. The lowest BCUT2D eigenvalue weighted by molar-refractivity contribution is -0.384. The second-order valence-electron chi connectivity index (χ2n) is 6.79. The number of carbonyl (C=O) groups is 1. The Labute approximate surface area is 148 Å². The quantitative estimate of drug-likeness (QED) is 0.601. The van der Waals surface area contributed by atoms with E-state index in [4.69, 9.17) is 0 Å². The minimum atomic E-state index is -4.34. The fraction of sp³-hybridized carbons (Fsp3) is 0.588. The van der Waals surface area contributed by atoms with Gasteiger partial charge in [-0.25, -0.2) is 0 Å². The summed E-state index contributed by atoms with van der Waals surface area (Å²) in [5.74, 6) is -2.13. The molecule has 1 aromatic carbocycles. The van der Waals surface area contributed by atoms with Gasteiger partial charge in [-0.3, -0.25) is 14.9 Å². The number of carbonyl (C=O) groups excluding carboxylic acids is 1. The number of nitro benzene ring substituents is 1. The Bertz CT molecular complexity index is 702. The summed E-state index contributed by atoms with van der Waals surface area (Å²) in [6, 6.07) is 4.19. The molecule has 0 aromatic heterocycles. The van der Waals surface area contributed by atoms with Gasteiger partial charge in [0.2, 0.25) is 0 Å². The van der Waals surface area contributed by atoms with E-state index in [1.165, 1.54) is 18.2 Å². The average Bonchev–Trinajstić information content (AvgIpc) is 3.14.